The van der Waals surface area contributed by atoms with Crippen LogP contribution in [-0.4, -0.2) is 28.7 Å². The first-order chi connectivity index (χ1) is 12.6. The van der Waals surface area contributed by atoms with Gasteiger partial charge in [0.1, 0.15) is 0 Å². The summed E-state index contributed by atoms with van der Waals surface area (Å²) in [6.45, 7) is 0. The van der Waals surface area contributed by atoms with Crippen LogP contribution in [0, 0.1) is 0 Å². The lowest BCUT2D eigenvalue weighted by molar-refractivity contribution is 0.0688. The summed E-state index contributed by atoms with van der Waals surface area (Å²) in [5.74, 6) is -1.42. The number of hydrogen-bond donors (Lipinski definition) is 2. The molecule has 3 aromatic rings. The summed E-state index contributed by atoms with van der Waals surface area (Å²) in [7, 11) is -4.05. The van der Waals surface area contributed by atoms with Crippen LogP contribution in [0.1, 0.15) is 10.5 Å². The number of nitrogens with zero attached hydrogens (tertiary/aromatic N) is 2. The molecular weight excluding hydrogens is 437 g/mol. The van der Waals surface area contributed by atoms with Crippen LogP contribution in [0.3, 0.4) is 0 Å². The number of carbonyl (C=O) groups is 1. The first-order valence-corrected chi connectivity index (χ1v) is 9.71. The molecule has 0 spiro atoms. The minimum absolute atomic E-state index is 0.0627. The molecule has 7 nitrogen and oxygen atoms in total. The lowest BCUT2D eigenvalue weighted by Crippen LogP contribution is -2.19. The maximum Gasteiger partial charge on any atom is 0.355 e. The van der Waals surface area contributed by atoms with Crippen molar-refractivity contribution in [2.75, 3.05) is 5.73 Å². The van der Waals surface area contributed by atoms with Crippen LogP contribution >= 0.6 is 34.8 Å². The molecule has 0 saturated heterocycles. The van der Waals surface area contributed by atoms with Crippen molar-refractivity contribution in [3.8, 4) is 0 Å². The lowest BCUT2D eigenvalue weighted by Gasteiger charge is -2.05. The molecule has 0 aliphatic rings. The van der Waals surface area contributed by atoms with Crippen LogP contribution in [-0.2, 0) is 10.0 Å². The fourth-order valence-corrected chi connectivity index (χ4v) is 3.69. The van der Waals surface area contributed by atoms with Crippen molar-refractivity contribution in [1.29, 1.82) is 0 Å². The van der Waals surface area contributed by atoms with Gasteiger partial charge in [-0.25, -0.2) is 4.79 Å². The molecule has 0 saturated carbocycles. The Morgan fingerprint density at radius 1 is 1.04 bits per heavy atom. The van der Waals surface area contributed by atoms with Gasteiger partial charge in [0, 0.05) is 6.07 Å². The number of aromatic carboxylic acids is 1. The molecule has 0 unspecified atom stereocenters. The summed E-state index contributed by atoms with van der Waals surface area (Å²) in [6, 6.07) is 13.5. The van der Waals surface area contributed by atoms with Gasteiger partial charge in [-0.15, -0.1) is 9.19 Å². The molecule has 1 aromatic heterocycles. The van der Waals surface area contributed by atoms with Gasteiger partial charge in [-0.05, 0) is 24.3 Å². The van der Waals surface area contributed by atoms with E-state index in [2.05, 4.69) is 5.10 Å². The van der Waals surface area contributed by atoms with Gasteiger partial charge in [-0.2, -0.15) is 8.42 Å². The quantitative estimate of drug-likeness (QED) is 0.584. The molecule has 3 rings (SSSR count). The predicted octanol–water partition coefficient (Wildman–Crippen LogP) is 4.05. The molecule has 0 aliphatic heterocycles. The first kappa shape index (κ1) is 21.0. The van der Waals surface area contributed by atoms with Crippen LogP contribution in [0.25, 0.3) is 0 Å². The van der Waals surface area contributed by atoms with Crippen molar-refractivity contribution >= 4 is 56.5 Å². The summed E-state index contributed by atoms with van der Waals surface area (Å²) >= 11 is 16.8. The van der Waals surface area contributed by atoms with E-state index in [0.29, 0.717) is 19.8 Å². The lowest BCUT2D eigenvalue weighted by atomic mass is 10.3. The molecule has 0 aliphatic carbocycles. The first-order valence-electron chi connectivity index (χ1n) is 7.13. The van der Waals surface area contributed by atoms with Crippen LogP contribution in [0.5, 0.6) is 0 Å². The summed E-state index contributed by atoms with van der Waals surface area (Å²) in [6.07, 6.45) is 0. The number of nitrogen functional groups attached to an aromatic ring is 1. The third-order valence-electron chi connectivity index (χ3n) is 3.12. The van der Waals surface area contributed by atoms with Crippen LogP contribution in [0.4, 0.5) is 5.69 Å². The third kappa shape index (κ3) is 4.92. The molecular formula is C16H12Cl3N3O4S. The van der Waals surface area contributed by atoms with Crippen molar-refractivity contribution in [3.63, 3.8) is 0 Å². The molecule has 0 fully saturated rings. The maximum absolute atomic E-state index is 12.2. The molecule has 2 aromatic carbocycles. The highest BCUT2D eigenvalue weighted by molar-refractivity contribution is 7.89. The number of carboxylic acids is 1. The zero-order chi connectivity index (χ0) is 20.2. The SMILES string of the molecule is Nc1cccc(Cl)c1Cl.O=C(O)c1cc(Cl)nn1S(=O)(=O)c1ccccc1. The highest BCUT2D eigenvalue weighted by atomic mass is 35.5. The highest BCUT2D eigenvalue weighted by Crippen LogP contribution is 2.26. The summed E-state index contributed by atoms with van der Waals surface area (Å²) < 4.78 is 24.7. The average Bonchev–Trinajstić information content (AvgIpc) is 3.04. The Bertz CT molecular complexity index is 1050. The van der Waals surface area contributed by atoms with E-state index in [1.165, 1.54) is 24.3 Å². The van der Waals surface area contributed by atoms with E-state index in [4.69, 9.17) is 45.6 Å². The zero-order valence-electron chi connectivity index (χ0n) is 13.4. The van der Waals surface area contributed by atoms with E-state index in [-0.39, 0.29) is 10.0 Å². The van der Waals surface area contributed by atoms with Gasteiger partial charge in [0.2, 0.25) is 0 Å². The second-order valence-corrected chi connectivity index (χ2v) is 7.90. The van der Waals surface area contributed by atoms with E-state index in [9.17, 15) is 13.2 Å². The Labute approximate surface area is 169 Å². The molecule has 0 amide bonds. The van der Waals surface area contributed by atoms with E-state index in [0.717, 1.165) is 6.07 Å². The summed E-state index contributed by atoms with van der Waals surface area (Å²) in [5, 5.41) is 13.1. The molecule has 27 heavy (non-hydrogen) atoms. The molecule has 142 valence electrons. The Morgan fingerprint density at radius 2 is 1.67 bits per heavy atom. The van der Waals surface area contributed by atoms with Gasteiger partial charge in [-0.1, -0.05) is 59.1 Å². The Morgan fingerprint density at radius 3 is 2.19 bits per heavy atom. The van der Waals surface area contributed by atoms with Gasteiger partial charge in [0.15, 0.2) is 10.8 Å². The Hall–Kier alpha value is -2.26. The minimum atomic E-state index is -4.05. The molecule has 3 N–H and O–H groups in total. The molecule has 1 heterocycles. The molecule has 11 heteroatoms. The normalized spacial score (nSPS) is 10.8. The van der Waals surface area contributed by atoms with Crippen molar-refractivity contribution in [1.82, 2.24) is 9.19 Å². The summed E-state index contributed by atoms with van der Waals surface area (Å²) in [4.78, 5) is 10.9. The summed E-state index contributed by atoms with van der Waals surface area (Å²) in [5.41, 5.74) is 5.41. The van der Waals surface area contributed by atoms with Crippen LogP contribution in [0.2, 0.25) is 15.2 Å². The Balaban J connectivity index is 0.000000244. The van der Waals surface area contributed by atoms with Crippen molar-refractivity contribution < 1.29 is 18.3 Å². The van der Waals surface area contributed by atoms with E-state index < -0.39 is 21.7 Å². The van der Waals surface area contributed by atoms with Gasteiger partial charge in [0.25, 0.3) is 10.0 Å². The van der Waals surface area contributed by atoms with Gasteiger partial charge in [0.05, 0.1) is 20.6 Å². The largest absolute Gasteiger partial charge is 0.476 e. The molecule has 0 atom stereocenters. The fraction of sp³-hybridized carbons (Fsp3) is 0. The number of rotatable bonds is 3. The second kappa shape index (κ2) is 8.62. The fourth-order valence-electron chi connectivity index (χ4n) is 1.88. The Kier molecular flexibility index (Phi) is 6.72. The number of carboxylic acid groups (broad SMARTS) is 1. The van der Waals surface area contributed by atoms with Crippen LogP contribution in [0.15, 0.2) is 59.5 Å². The number of nitrogens with two attached hydrogens (primary N) is 1. The maximum atomic E-state index is 12.2. The van der Waals surface area contributed by atoms with Crippen LogP contribution < -0.4 is 5.73 Å². The number of aromatic nitrogens is 2. The smallest absolute Gasteiger partial charge is 0.355 e. The standard InChI is InChI=1S/C10H7ClN2O4S.C6H5Cl2N/c11-9-6-8(10(14)15)13(12-9)18(16,17)7-4-2-1-3-5-7;7-4-2-1-3-5(9)6(4)8/h1-6H,(H,14,15);1-3H,9H2. The van der Waals surface area contributed by atoms with Gasteiger partial charge < -0.3 is 10.8 Å². The van der Waals surface area contributed by atoms with Gasteiger partial charge in [-0.3, -0.25) is 0 Å². The second-order valence-electron chi connectivity index (χ2n) is 4.96. The zero-order valence-corrected chi connectivity index (χ0v) is 16.5. The van der Waals surface area contributed by atoms with Crippen molar-refractivity contribution in [3.05, 3.63) is 75.5 Å². The number of hydrogen-bond acceptors (Lipinski definition) is 5. The monoisotopic (exact) mass is 447 g/mol. The van der Waals surface area contributed by atoms with E-state index >= 15 is 0 Å². The number of anilines is 1. The topological polar surface area (TPSA) is 115 Å². The molecule has 0 radical (unpaired) electrons. The third-order valence-corrected chi connectivity index (χ3v) is 5.74. The van der Waals surface area contributed by atoms with Crippen molar-refractivity contribution in [2.24, 2.45) is 0 Å². The van der Waals surface area contributed by atoms with E-state index in [1.54, 1.807) is 24.3 Å². The predicted molar refractivity (Wildman–Crippen MR) is 104 cm³/mol. The number of benzene rings is 2. The van der Waals surface area contributed by atoms with Gasteiger partial charge >= 0.3 is 5.97 Å². The van der Waals surface area contributed by atoms with Crippen molar-refractivity contribution in [2.45, 2.75) is 4.90 Å². The highest BCUT2D eigenvalue weighted by Gasteiger charge is 2.25. The minimum Gasteiger partial charge on any atom is -0.476 e. The number of halogens is 3. The van der Waals surface area contributed by atoms with E-state index in [1.807, 2.05) is 0 Å². The molecule has 0 bridgehead atoms. The average molecular weight is 449 g/mol.